The summed E-state index contributed by atoms with van der Waals surface area (Å²) in [6, 6.07) is 0. The molecule has 5 heteroatoms. The monoisotopic (exact) mass is 344 g/mol. The summed E-state index contributed by atoms with van der Waals surface area (Å²) in [6.07, 6.45) is 7.15. The van der Waals surface area contributed by atoms with Crippen molar-refractivity contribution in [2.45, 2.75) is 51.1 Å². The molecule has 4 aliphatic carbocycles. The Morgan fingerprint density at radius 2 is 1.28 bits per heavy atom. The Morgan fingerprint density at radius 3 is 1.72 bits per heavy atom. The zero-order chi connectivity index (χ0) is 17.0. The van der Waals surface area contributed by atoms with E-state index in [0.717, 1.165) is 6.42 Å². The summed E-state index contributed by atoms with van der Waals surface area (Å²) in [5.41, 5.74) is 0. The quantitative estimate of drug-likeness (QED) is 0.566. The highest BCUT2D eigenvalue weighted by Crippen LogP contribution is 2.71. The summed E-state index contributed by atoms with van der Waals surface area (Å²) >= 11 is 0. The van der Waals surface area contributed by atoms with Gasteiger partial charge in [0, 0.05) is 25.7 Å². The van der Waals surface area contributed by atoms with Crippen molar-refractivity contribution >= 4 is 11.9 Å². The predicted octanol–water partition coefficient (Wildman–Crippen LogP) is 1.95. The first-order chi connectivity index (χ1) is 12.0. The minimum Gasteiger partial charge on any atom is -0.458 e. The number of allylic oxidation sites excluding steroid dienone is 2. The zero-order valence-electron chi connectivity index (χ0n) is 14.5. The maximum Gasteiger partial charge on any atom is 0.303 e. The zero-order valence-corrected chi connectivity index (χ0v) is 14.5. The third-order valence-electron chi connectivity index (χ3n) is 8.16. The summed E-state index contributed by atoms with van der Waals surface area (Å²) in [5, 5.41) is 0. The van der Waals surface area contributed by atoms with Crippen LogP contribution in [0, 0.1) is 47.3 Å². The molecule has 2 heterocycles. The van der Waals surface area contributed by atoms with Crippen LogP contribution in [0.2, 0.25) is 0 Å². The van der Waals surface area contributed by atoms with Crippen molar-refractivity contribution in [3.05, 3.63) is 12.2 Å². The first-order valence-corrected chi connectivity index (χ1v) is 9.73. The molecule has 12 atom stereocenters. The first-order valence-electron chi connectivity index (χ1n) is 9.73. The molecule has 3 saturated carbocycles. The first kappa shape index (κ1) is 14.8. The van der Waals surface area contributed by atoms with Gasteiger partial charge in [-0.2, -0.15) is 0 Å². The normalized spacial score (nSPS) is 58.5. The smallest absolute Gasteiger partial charge is 0.303 e. The molecule has 6 rings (SSSR count). The van der Waals surface area contributed by atoms with Crippen molar-refractivity contribution in [2.24, 2.45) is 47.3 Å². The summed E-state index contributed by atoms with van der Waals surface area (Å²) in [6.45, 7) is 2.89. The Bertz CT molecular complexity index is 632. The van der Waals surface area contributed by atoms with Gasteiger partial charge in [-0.3, -0.25) is 9.59 Å². The highest BCUT2D eigenvalue weighted by atomic mass is 16.6. The molecule has 0 radical (unpaired) electrons. The van der Waals surface area contributed by atoms with E-state index in [-0.39, 0.29) is 36.0 Å². The fourth-order valence-electron chi connectivity index (χ4n) is 7.89. The second-order valence-corrected chi connectivity index (χ2v) is 9.03. The number of esters is 2. The molecule has 0 aromatic rings. The molecule has 12 unspecified atom stereocenters. The van der Waals surface area contributed by atoms with Gasteiger partial charge in [-0.1, -0.05) is 12.2 Å². The van der Waals surface area contributed by atoms with Crippen LogP contribution in [-0.2, 0) is 23.8 Å². The molecule has 2 aliphatic heterocycles. The van der Waals surface area contributed by atoms with Gasteiger partial charge in [-0.05, 0) is 48.3 Å². The minimum absolute atomic E-state index is 0.280. The van der Waals surface area contributed by atoms with Crippen molar-refractivity contribution in [1.82, 2.24) is 0 Å². The topological polar surface area (TPSA) is 61.8 Å². The minimum atomic E-state index is -0.289. The SMILES string of the molecule is CC(=O)OC1C2CC(C1OC(C)=O)C1C3OC(C4C5C=CC(C5)C34)C21. The highest BCUT2D eigenvalue weighted by Gasteiger charge is 2.75. The number of fused-ring (bicyclic) bond motifs is 16. The molecule has 2 saturated heterocycles. The van der Waals surface area contributed by atoms with E-state index in [4.69, 9.17) is 14.2 Å². The van der Waals surface area contributed by atoms with E-state index < -0.39 is 0 Å². The van der Waals surface area contributed by atoms with Crippen molar-refractivity contribution < 1.29 is 23.8 Å². The lowest BCUT2D eigenvalue weighted by Gasteiger charge is -2.44. The lowest BCUT2D eigenvalue weighted by atomic mass is 9.60. The Hall–Kier alpha value is -1.36. The predicted molar refractivity (Wildman–Crippen MR) is 86.1 cm³/mol. The Balaban J connectivity index is 1.35. The summed E-state index contributed by atoms with van der Waals surface area (Å²) in [7, 11) is 0. The maximum absolute atomic E-state index is 11.6. The molecule has 0 N–H and O–H groups in total. The third kappa shape index (κ3) is 1.69. The average molecular weight is 344 g/mol. The van der Waals surface area contributed by atoms with Crippen LogP contribution in [0.15, 0.2) is 12.2 Å². The van der Waals surface area contributed by atoms with E-state index in [1.54, 1.807) is 0 Å². The molecular weight excluding hydrogens is 320 g/mol. The van der Waals surface area contributed by atoms with Gasteiger partial charge in [0.25, 0.3) is 0 Å². The number of carbonyl (C=O) groups excluding carboxylic acids is 2. The molecule has 0 spiro atoms. The molecule has 134 valence electrons. The van der Waals surface area contributed by atoms with Crippen molar-refractivity contribution in [1.29, 1.82) is 0 Å². The van der Waals surface area contributed by atoms with Crippen LogP contribution >= 0.6 is 0 Å². The number of rotatable bonds is 2. The highest BCUT2D eigenvalue weighted by molar-refractivity contribution is 5.67. The largest absolute Gasteiger partial charge is 0.458 e. The molecule has 5 nitrogen and oxygen atoms in total. The van der Waals surface area contributed by atoms with Gasteiger partial charge in [0.2, 0.25) is 0 Å². The van der Waals surface area contributed by atoms with Crippen LogP contribution in [-0.4, -0.2) is 36.4 Å². The molecular formula is C20H24O5. The van der Waals surface area contributed by atoms with Gasteiger partial charge >= 0.3 is 11.9 Å². The van der Waals surface area contributed by atoms with E-state index in [1.165, 1.54) is 20.3 Å². The van der Waals surface area contributed by atoms with Crippen molar-refractivity contribution in [2.75, 3.05) is 0 Å². The number of hydrogen-bond donors (Lipinski definition) is 0. The second kappa shape index (κ2) is 4.67. The number of hydrogen-bond acceptors (Lipinski definition) is 5. The summed E-state index contributed by atoms with van der Waals surface area (Å²) in [4.78, 5) is 23.3. The van der Waals surface area contributed by atoms with Crippen LogP contribution in [0.1, 0.15) is 26.7 Å². The second-order valence-electron chi connectivity index (χ2n) is 9.03. The van der Waals surface area contributed by atoms with Gasteiger partial charge in [0.05, 0.1) is 12.2 Å². The summed E-state index contributed by atoms with van der Waals surface area (Å²) < 4.78 is 17.9. The molecule has 25 heavy (non-hydrogen) atoms. The molecule has 0 aromatic heterocycles. The Morgan fingerprint density at radius 1 is 0.800 bits per heavy atom. The summed E-state index contributed by atoms with van der Waals surface area (Å²) in [5.74, 6) is 3.62. The van der Waals surface area contributed by atoms with Crippen molar-refractivity contribution in [3.8, 4) is 0 Å². The lowest BCUT2D eigenvalue weighted by Crippen LogP contribution is -2.53. The van der Waals surface area contributed by atoms with Crippen LogP contribution in [0.5, 0.6) is 0 Å². The van der Waals surface area contributed by atoms with E-state index in [9.17, 15) is 9.59 Å². The molecule has 6 bridgehead atoms. The molecule has 5 fully saturated rings. The van der Waals surface area contributed by atoms with Crippen LogP contribution in [0.25, 0.3) is 0 Å². The fourth-order valence-corrected chi connectivity index (χ4v) is 7.89. The number of ether oxygens (including phenoxy) is 3. The standard InChI is InChI=1S/C20H24O5/c1-7(21)23-17-11-6-12(18(17)24-8(2)22)16-15(11)19-13-9-3-4-10(5-9)14(13)20(16)25-19/h3-4,9-20H,5-6H2,1-2H3. The van der Waals surface area contributed by atoms with Gasteiger partial charge in [0.15, 0.2) is 0 Å². The Kier molecular flexibility index (Phi) is 2.76. The molecule has 6 aliphatic rings. The van der Waals surface area contributed by atoms with Gasteiger partial charge in [0.1, 0.15) is 12.2 Å². The van der Waals surface area contributed by atoms with Crippen molar-refractivity contribution in [3.63, 3.8) is 0 Å². The van der Waals surface area contributed by atoms with E-state index in [2.05, 4.69) is 12.2 Å². The van der Waals surface area contributed by atoms with E-state index in [1.807, 2.05) is 0 Å². The lowest BCUT2D eigenvalue weighted by molar-refractivity contribution is -0.176. The fraction of sp³-hybridized carbons (Fsp3) is 0.800. The molecule has 0 amide bonds. The number of carbonyl (C=O) groups is 2. The van der Waals surface area contributed by atoms with E-state index in [0.29, 0.717) is 47.7 Å². The molecule has 0 aromatic carbocycles. The maximum atomic E-state index is 11.6. The van der Waals surface area contributed by atoms with Crippen LogP contribution < -0.4 is 0 Å². The van der Waals surface area contributed by atoms with Crippen LogP contribution in [0.3, 0.4) is 0 Å². The van der Waals surface area contributed by atoms with Gasteiger partial charge in [-0.25, -0.2) is 0 Å². The van der Waals surface area contributed by atoms with Gasteiger partial charge < -0.3 is 14.2 Å². The van der Waals surface area contributed by atoms with Crippen LogP contribution in [0.4, 0.5) is 0 Å². The Labute approximate surface area is 147 Å². The van der Waals surface area contributed by atoms with Gasteiger partial charge in [-0.15, -0.1) is 0 Å². The third-order valence-corrected chi connectivity index (χ3v) is 8.16. The average Bonchev–Trinajstić information content (AvgIpc) is 3.33. The van der Waals surface area contributed by atoms with E-state index >= 15 is 0 Å².